The fraction of sp³-hybridized carbons (Fsp3) is 0.364. The van der Waals surface area contributed by atoms with Crippen molar-refractivity contribution in [1.82, 2.24) is 5.32 Å². The largest absolute Gasteiger partial charge is 0.419 e. The van der Waals surface area contributed by atoms with E-state index in [0.29, 0.717) is 12.1 Å². The number of rotatable bonds is 4. The zero-order valence-electron chi connectivity index (χ0n) is 10.3. The molecule has 1 amide bonds. The average Bonchev–Trinajstić information content (AvgIpc) is 2.26. The molecular formula is C11H11F4NO3S. The maximum Gasteiger partial charge on any atom is 0.419 e. The predicted molar refractivity (Wildman–Crippen MR) is 63.4 cm³/mol. The molecule has 0 saturated carbocycles. The van der Waals surface area contributed by atoms with Gasteiger partial charge >= 0.3 is 6.18 Å². The van der Waals surface area contributed by atoms with Gasteiger partial charge in [-0.2, -0.15) is 13.2 Å². The van der Waals surface area contributed by atoms with Gasteiger partial charge < -0.3 is 5.32 Å². The Hall–Kier alpha value is -1.64. The van der Waals surface area contributed by atoms with E-state index < -0.39 is 38.9 Å². The third-order valence-electron chi connectivity index (χ3n) is 2.29. The van der Waals surface area contributed by atoms with Gasteiger partial charge in [-0.05, 0) is 18.2 Å². The molecule has 1 rings (SSSR count). The molecule has 1 aromatic carbocycles. The summed E-state index contributed by atoms with van der Waals surface area (Å²) in [6, 6.07) is 1.81. The minimum atomic E-state index is -4.91. The van der Waals surface area contributed by atoms with Crippen molar-refractivity contribution in [3.05, 3.63) is 35.1 Å². The minimum absolute atomic E-state index is 0.240. The van der Waals surface area contributed by atoms with E-state index in [-0.39, 0.29) is 12.3 Å². The lowest BCUT2D eigenvalue weighted by molar-refractivity contribution is -0.140. The fourth-order valence-corrected chi connectivity index (χ4v) is 1.81. The van der Waals surface area contributed by atoms with Gasteiger partial charge in [-0.25, -0.2) is 12.8 Å². The van der Waals surface area contributed by atoms with Gasteiger partial charge in [0.05, 0.1) is 11.3 Å². The van der Waals surface area contributed by atoms with Gasteiger partial charge in [0.1, 0.15) is 15.7 Å². The highest BCUT2D eigenvalue weighted by molar-refractivity contribution is 7.90. The van der Waals surface area contributed by atoms with Gasteiger partial charge in [0, 0.05) is 18.4 Å². The molecule has 0 spiro atoms. The second kappa shape index (κ2) is 5.78. The van der Waals surface area contributed by atoms with Gasteiger partial charge in [-0.3, -0.25) is 4.79 Å². The van der Waals surface area contributed by atoms with Crippen molar-refractivity contribution in [3.8, 4) is 0 Å². The van der Waals surface area contributed by atoms with Crippen LogP contribution in [0, 0.1) is 5.82 Å². The fourth-order valence-electron chi connectivity index (χ4n) is 1.34. The molecule has 0 unspecified atom stereocenters. The Balaban J connectivity index is 2.85. The lowest BCUT2D eigenvalue weighted by Gasteiger charge is -2.10. The maximum absolute atomic E-state index is 13.0. The molecular weight excluding hydrogens is 302 g/mol. The van der Waals surface area contributed by atoms with Gasteiger partial charge in [0.15, 0.2) is 0 Å². The number of carbonyl (C=O) groups excluding carboxylic acids is 1. The molecule has 1 aromatic rings. The molecule has 0 fully saturated rings. The molecule has 0 heterocycles. The van der Waals surface area contributed by atoms with E-state index in [2.05, 4.69) is 5.32 Å². The Morgan fingerprint density at radius 2 is 1.90 bits per heavy atom. The number of nitrogens with one attached hydrogen (secondary N) is 1. The Labute approximate surface area is 112 Å². The number of amides is 1. The van der Waals surface area contributed by atoms with Crippen LogP contribution in [0.3, 0.4) is 0 Å². The highest BCUT2D eigenvalue weighted by atomic mass is 32.2. The first kappa shape index (κ1) is 16.4. The summed E-state index contributed by atoms with van der Waals surface area (Å²) < 4.78 is 72.0. The van der Waals surface area contributed by atoms with E-state index in [1.165, 1.54) is 0 Å². The first-order valence-corrected chi connectivity index (χ1v) is 7.39. The van der Waals surface area contributed by atoms with Crippen LogP contribution in [0.15, 0.2) is 18.2 Å². The average molecular weight is 313 g/mol. The van der Waals surface area contributed by atoms with E-state index in [9.17, 15) is 30.8 Å². The number of carbonyl (C=O) groups is 1. The molecule has 0 radical (unpaired) electrons. The van der Waals surface area contributed by atoms with Crippen LogP contribution in [-0.4, -0.2) is 32.9 Å². The van der Waals surface area contributed by atoms with Crippen molar-refractivity contribution in [2.24, 2.45) is 0 Å². The van der Waals surface area contributed by atoms with E-state index in [1.807, 2.05) is 0 Å². The van der Waals surface area contributed by atoms with E-state index in [0.717, 1.165) is 12.3 Å². The molecule has 20 heavy (non-hydrogen) atoms. The maximum atomic E-state index is 13.0. The number of sulfone groups is 1. The Kier molecular flexibility index (Phi) is 4.74. The van der Waals surface area contributed by atoms with Gasteiger partial charge in [0.25, 0.3) is 5.91 Å². The van der Waals surface area contributed by atoms with Crippen molar-refractivity contribution in [2.75, 3.05) is 18.6 Å². The normalized spacial score (nSPS) is 12.2. The SMILES string of the molecule is CS(=O)(=O)CCNC(=O)c1ccc(F)c(C(F)(F)F)c1. The molecule has 1 N–H and O–H groups in total. The number of benzene rings is 1. The van der Waals surface area contributed by atoms with E-state index in [4.69, 9.17) is 0 Å². The smallest absolute Gasteiger partial charge is 0.351 e. The summed E-state index contributed by atoms with van der Waals surface area (Å²) in [5, 5.41) is 2.15. The summed E-state index contributed by atoms with van der Waals surface area (Å²) in [7, 11) is -3.29. The van der Waals surface area contributed by atoms with Crippen LogP contribution in [-0.2, 0) is 16.0 Å². The lowest BCUT2D eigenvalue weighted by atomic mass is 10.1. The second-order valence-electron chi connectivity index (χ2n) is 4.08. The van der Waals surface area contributed by atoms with E-state index in [1.54, 1.807) is 0 Å². The molecule has 0 bridgehead atoms. The zero-order chi connectivity index (χ0) is 15.6. The van der Waals surface area contributed by atoms with Crippen molar-refractivity contribution >= 4 is 15.7 Å². The van der Waals surface area contributed by atoms with Crippen LogP contribution in [0.5, 0.6) is 0 Å². The molecule has 9 heteroatoms. The molecule has 0 aromatic heterocycles. The first-order chi connectivity index (χ1) is 9.00. The topological polar surface area (TPSA) is 63.2 Å². The van der Waals surface area contributed by atoms with Crippen molar-refractivity contribution in [3.63, 3.8) is 0 Å². The van der Waals surface area contributed by atoms with Gasteiger partial charge in [0.2, 0.25) is 0 Å². The molecule has 0 aliphatic heterocycles. The third kappa shape index (κ3) is 4.80. The van der Waals surface area contributed by atoms with E-state index >= 15 is 0 Å². The third-order valence-corrected chi connectivity index (χ3v) is 3.24. The van der Waals surface area contributed by atoms with Gasteiger partial charge in [-0.15, -0.1) is 0 Å². The van der Waals surface area contributed by atoms with Crippen LogP contribution in [0.4, 0.5) is 17.6 Å². The standard InChI is InChI=1S/C11H11F4NO3S/c1-20(18,19)5-4-16-10(17)7-2-3-9(12)8(6-7)11(13,14)15/h2-3,6H,4-5H2,1H3,(H,16,17). The number of halogens is 4. The molecule has 0 saturated heterocycles. The van der Waals surface area contributed by atoms with Crippen LogP contribution < -0.4 is 5.32 Å². The monoisotopic (exact) mass is 313 g/mol. The molecule has 4 nitrogen and oxygen atoms in total. The van der Waals surface area contributed by atoms with Gasteiger partial charge in [-0.1, -0.05) is 0 Å². The summed E-state index contributed by atoms with van der Waals surface area (Å²) in [6.07, 6.45) is -3.95. The summed E-state index contributed by atoms with van der Waals surface area (Å²) in [5.74, 6) is -2.73. The highest BCUT2D eigenvalue weighted by Gasteiger charge is 2.34. The molecule has 112 valence electrons. The zero-order valence-corrected chi connectivity index (χ0v) is 11.1. The highest BCUT2D eigenvalue weighted by Crippen LogP contribution is 2.31. The minimum Gasteiger partial charge on any atom is -0.351 e. The molecule has 0 aliphatic carbocycles. The quantitative estimate of drug-likeness (QED) is 0.859. The van der Waals surface area contributed by atoms with Crippen LogP contribution in [0.2, 0.25) is 0 Å². The Bertz CT molecular complexity index is 611. The summed E-state index contributed by atoms with van der Waals surface area (Å²) in [5.41, 5.74) is -1.94. The van der Waals surface area contributed by atoms with Crippen molar-refractivity contribution in [2.45, 2.75) is 6.18 Å². The number of hydrogen-bond donors (Lipinski definition) is 1. The molecule has 0 aliphatic rings. The van der Waals surface area contributed by atoms with Crippen LogP contribution in [0.25, 0.3) is 0 Å². The van der Waals surface area contributed by atoms with Crippen molar-refractivity contribution < 1.29 is 30.8 Å². The van der Waals surface area contributed by atoms with Crippen LogP contribution in [0.1, 0.15) is 15.9 Å². The summed E-state index contributed by atoms with van der Waals surface area (Å²) in [4.78, 5) is 11.5. The Morgan fingerprint density at radius 1 is 1.30 bits per heavy atom. The second-order valence-corrected chi connectivity index (χ2v) is 6.34. The molecule has 0 atom stereocenters. The van der Waals surface area contributed by atoms with Crippen molar-refractivity contribution in [1.29, 1.82) is 0 Å². The van der Waals surface area contributed by atoms with Crippen LogP contribution >= 0.6 is 0 Å². The summed E-state index contributed by atoms with van der Waals surface area (Å²) >= 11 is 0. The number of alkyl halides is 3. The predicted octanol–water partition coefficient (Wildman–Crippen LogP) is 1.62. The first-order valence-electron chi connectivity index (χ1n) is 5.33. The Morgan fingerprint density at radius 3 is 2.40 bits per heavy atom. The lowest BCUT2D eigenvalue weighted by Crippen LogP contribution is -2.29. The summed E-state index contributed by atoms with van der Waals surface area (Å²) in [6.45, 7) is -0.240. The number of hydrogen-bond acceptors (Lipinski definition) is 3.